The molecule has 0 saturated carbocycles. The summed E-state index contributed by atoms with van der Waals surface area (Å²) in [6, 6.07) is 16.3. The first-order valence-corrected chi connectivity index (χ1v) is 8.20. The number of para-hydroxylation sites is 1. The molecule has 0 aliphatic heterocycles. The van der Waals surface area contributed by atoms with Crippen molar-refractivity contribution < 1.29 is 9.18 Å². The molecule has 25 heavy (non-hydrogen) atoms. The quantitative estimate of drug-likeness (QED) is 0.747. The van der Waals surface area contributed by atoms with Crippen LogP contribution in [0.4, 0.5) is 10.1 Å². The van der Waals surface area contributed by atoms with Crippen LogP contribution < -0.4 is 5.32 Å². The van der Waals surface area contributed by atoms with Gasteiger partial charge in [-0.25, -0.2) is 9.07 Å². The summed E-state index contributed by atoms with van der Waals surface area (Å²) in [5.41, 5.74) is 2.99. The standard InChI is InChI=1S/C20H20FN3O/c1-14(17-10-6-7-11-18(17)21)12-20(25)23-19-13-22-24(15(19)2)16-8-4-3-5-9-16/h3-11,13-14H,12H2,1-2H3,(H,23,25)/t14-/m0/s1. The van der Waals surface area contributed by atoms with Crippen molar-refractivity contribution in [3.05, 3.63) is 77.9 Å². The second kappa shape index (κ2) is 7.30. The van der Waals surface area contributed by atoms with Gasteiger partial charge in [-0.15, -0.1) is 0 Å². The Morgan fingerprint density at radius 3 is 2.56 bits per heavy atom. The van der Waals surface area contributed by atoms with Crippen LogP contribution >= 0.6 is 0 Å². The summed E-state index contributed by atoms with van der Waals surface area (Å²) >= 11 is 0. The first kappa shape index (κ1) is 16.9. The molecule has 0 bridgehead atoms. The van der Waals surface area contributed by atoms with Gasteiger partial charge in [-0.3, -0.25) is 4.79 Å². The first-order valence-electron chi connectivity index (χ1n) is 8.20. The van der Waals surface area contributed by atoms with Crippen molar-refractivity contribution in [1.29, 1.82) is 0 Å². The first-order chi connectivity index (χ1) is 12.1. The van der Waals surface area contributed by atoms with Crippen molar-refractivity contribution in [1.82, 2.24) is 9.78 Å². The Morgan fingerprint density at radius 2 is 1.84 bits per heavy atom. The number of hydrogen-bond donors (Lipinski definition) is 1. The predicted molar refractivity (Wildman–Crippen MR) is 96.4 cm³/mol. The van der Waals surface area contributed by atoms with Gasteiger partial charge < -0.3 is 5.32 Å². The average Bonchev–Trinajstić information content (AvgIpc) is 2.96. The topological polar surface area (TPSA) is 46.9 Å². The summed E-state index contributed by atoms with van der Waals surface area (Å²) in [6.07, 6.45) is 1.84. The molecule has 1 atom stereocenters. The lowest BCUT2D eigenvalue weighted by Gasteiger charge is -2.13. The number of rotatable bonds is 5. The molecule has 2 aromatic carbocycles. The Kier molecular flexibility index (Phi) is 4.93. The van der Waals surface area contributed by atoms with Gasteiger partial charge in [0.2, 0.25) is 5.91 Å². The lowest BCUT2D eigenvalue weighted by atomic mass is 9.97. The van der Waals surface area contributed by atoms with Gasteiger partial charge in [-0.1, -0.05) is 43.3 Å². The monoisotopic (exact) mass is 337 g/mol. The third-order valence-corrected chi connectivity index (χ3v) is 4.21. The SMILES string of the molecule is Cc1c(NC(=O)C[C@H](C)c2ccccc2F)cnn1-c1ccccc1. The summed E-state index contributed by atoms with van der Waals surface area (Å²) in [6.45, 7) is 3.74. The highest BCUT2D eigenvalue weighted by molar-refractivity contribution is 5.91. The minimum Gasteiger partial charge on any atom is -0.323 e. The second-order valence-corrected chi connectivity index (χ2v) is 6.07. The molecule has 1 N–H and O–H groups in total. The van der Waals surface area contributed by atoms with E-state index in [1.54, 1.807) is 29.1 Å². The van der Waals surface area contributed by atoms with Gasteiger partial charge in [-0.05, 0) is 36.6 Å². The van der Waals surface area contributed by atoms with Crippen LogP contribution in [0, 0.1) is 12.7 Å². The molecule has 3 rings (SSSR count). The highest BCUT2D eigenvalue weighted by Gasteiger charge is 2.16. The molecule has 4 nitrogen and oxygen atoms in total. The van der Waals surface area contributed by atoms with Gasteiger partial charge in [-0.2, -0.15) is 5.10 Å². The smallest absolute Gasteiger partial charge is 0.225 e. The minimum absolute atomic E-state index is 0.161. The van der Waals surface area contributed by atoms with Crippen LogP contribution in [0.1, 0.15) is 30.5 Å². The number of carbonyl (C=O) groups excluding carboxylic acids is 1. The van der Waals surface area contributed by atoms with Crippen molar-refractivity contribution in [3.8, 4) is 5.69 Å². The van der Waals surface area contributed by atoms with E-state index in [9.17, 15) is 9.18 Å². The predicted octanol–water partition coefficient (Wildman–Crippen LogP) is 4.45. The number of halogens is 1. The summed E-state index contributed by atoms with van der Waals surface area (Å²) < 4.78 is 15.6. The number of amides is 1. The van der Waals surface area contributed by atoms with Gasteiger partial charge in [0.1, 0.15) is 5.82 Å². The Bertz CT molecular complexity index is 874. The Balaban J connectivity index is 1.70. The van der Waals surface area contributed by atoms with Gasteiger partial charge in [0.05, 0.1) is 23.3 Å². The second-order valence-electron chi connectivity index (χ2n) is 6.07. The molecule has 0 aliphatic carbocycles. The van der Waals surface area contributed by atoms with E-state index >= 15 is 0 Å². The molecular formula is C20H20FN3O. The average molecular weight is 337 g/mol. The zero-order valence-electron chi connectivity index (χ0n) is 14.2. The Morgan fingerprint density at radius 1 is 1.16 bits per heavy atom. The fraction of sp³-hybridized carbons (Fsp3) is 0.200. The van der Waals surface area contributed by atoms with Crippen LogP contribution in [0.5, 0.6) is 0 Å². The molecule has 5 heteroatoms. The van der Waals surface area contributed by atoms with E-state index in [1.807, 2.05) is 44.2 Å². The van der Waals surface area contributed by atoms with Crippen LogP contribution in [0.25, 0.3) is 5.69 Å². The van der Waals surface area contributed by atoms with Crippen molar-refractivity contribution >= 4 is 11.6 Å². The number of hydrogen-bond acceptors (Lipinski definition) is 2. The van der Waals surface area contributed by atoms with Crippen LogP contribution in [0.2, 0.25) is 0 Å². The van der Waals surface area contributed by atoms with Crippen molar-refractivity contribution in [2.75, 3.05) is 5.32 Å². The molecule has 1 amide bonds. The summed E-state index contributed by atoms with van der Waals surface area (Å²) in [5.74, 6) is -0.645. The fourth-order valence-electron chi connectivity index (χ4n) is 2.83. The summed E-state index contributed by atoms with van der Waals surface area (Å²) in [4.78, 5) is 12.3. The zero-order valence-corrected chi connectivity index (χ0v) is 14.2. The number of aromatic nitrogens is 2. The van der Waals surface area contributed by atoms with E-state index in [4.69, 9.17) is 0 Å². The lowest BCUT2D eigenvalue weighted by Crippen LogP contribution is -2.15. The number of benzene rings is 2. The van der Waals surface area contributed by atoms with Crippen LogP contribution in [0.15, 0.2) is 60.8 Å². The molecule has 0 fully saturated rings. The van der Waals surface area contributed by atoms with Crippen LogP contribution in [-0.2, 0) is 4.79 Å². The maximum atomic E-state index is 13.8. The molecule has 128 valence electrons. The number of carbonyl (C=O) groups is 1. The molecule has 0 saturated heterocycles. The maximum Gasteiger partial charge on any atom is 0.225 e. The molecular weight excluding hydrogens is 317 g/mol. The molecule has 1 aromatic heterocycles. The normalized spacial score (nSPS) is 12.0. The summed E-state index contributed by atoms with van der Waals surface area (Å²) in [7, 11) is 0. The zero-order chi connectivity index (χ0) is 17.8. The molecule has 0 aliphatic rings. The number of anilines is 1. The van der Waals surface area contributed by atoms with Crippen LogP contribution in [-0.4, -0.2) is 15.7 Å². The largest absolute Gasteiger partial charge is 0.323 e. The van der Waals surface area contributed by atoms with Gasteiger partial charge >= 0.3 is 0 Å². The third kappa shape index (κ3) is 3.76. The summed E-state index contributed by atoms with van der Waals surface area (Å²) in [5, 5.41) is 7.21. The van der Waals surface area contributed by atoms with Crippen molar-refractivity contribution in [2.45, 2.75) is 26.2 Å². The lowest BCUT2D eigenvalue weighted by molar-refractivity contribution is -0.116. The van der Waals surface area contributed by atoms with Gasteiger partial charge in [0.15, 0.2) is 0 Å². The van der Waals surface area contributed by atoms with E-state index in [1.165, 1.54) is 6.07 Å². The van der Waals surface area contributed by atoms with Crippen LogP contribution in [0.3, 0.4) is 0 Å². The van der Waals surface area contributed by atoms with E-state index < -0.39 is 0 Å². The molecule has 0 unspecified atom stereocenters. The van der Waals surface area contributed by atoms with E-state index in [0.29, 0.717) is 11.3 Å². The molecule has 0 spiro atoms. The minimum atomic E-state index is -0.282. The maximum absolute atomic E-state index is 13.8. The van der Waals surface area contributed by atoms with Gasteiger partial charge in [0.25, 0.3) is 0 Å². The van der Waals surface area contributed by atoms with E-state index in [2.05, 4.69) is 10.4 Å². The van der Waals surface area contributed by atoms with Crippen molar-refractivity contribution in [3.63, 3.8) is 0 Å². The molecule has 1 heterocycles. The molecule has 3 aromatic rings. The van der Waals surface area contributed by atoms with E-state index in [0.717, 1.165) is 11.4 Å². The highest BCUT2D eigenvalue weighted by Crippen LogP contribution is 2.23. The van der Waals surface area contributed by atoms with Crippen molar-refractivity contribution in [2.24, 2.45) is 0 Å². The van der Waals surface area contributed by atoms with Gasteiger partial charge in [0, 0.05) is 6.42 Å². The fourth-order valence-corrected chi connectivity index (χ4v) is 2.83. The highest BCUT2D eigenvalue weighted by atomic mass is 19.1. The van der Waals surface area contributed by atoms with E-state index in [-0.39, 0.29) is 24.1 Å². The third-order valence-electron chi connectivity index (χ3n) is 4.21. The number of nitrogens with one attached hydrogen (secondary N) is 1. The Hall–Kier alpha value is -2.95. The number of nitrogens with zero attached hydrogens (tertiary/aromatic N) is 2. The Labute approximate surface area is 146 Å². The molecule has 0 radical (unpaired) electrons.